The standard InChI is InChI=1S/C12H15ClN2O3/c1-8-4-5-9(6-10(8)15(17)18)11(16)14-12(2,3)7-13/h4-6H,7H2,1-3H3,(H,14,16). The average molecular weight is 271 g/mol. The second-order valence-corrected chi connectivity index (χ2v) is 5.00. The summed E-state index contributed by atoms with van der Waals surface area (Å²) in [4.78, 5) is 22.2. The van der Waals surface area contributed by atoms with Crippen LogP contribution in [0.1, 0.15) is 29.8 Å². The van der Waals surface area contributed by atoms with Gasteiger partial charge in [0.2, 0.25) is 0 Å². The zero-order chi connectivity index (χ0) is 13.9. The summed E-state index contributed by atoms with van der Waals surface area (Å²) in [6, 6.07) is 4.39. The molecule has 0 bridgehead atoms. The summed E-state index contributed by atoms with van der Waals surface area (Å²) in [6.07, 6.45) is 0. The molecule has 1 amide bonds. The Morgan fingerprint density at radius 2 is 2.11 bits per heavy atom. The number of amides is 1. The summed E-state index contributed by atoms with van der Waals surface area (Å²) in [7, 11) is 0. The van der Waals surface area contributed by atoms with Gasteiger partial charge in [-0.1, -0.05) is 6.07 Å². The zero-order valence-electron chi connectivity index (χ0n) is 10.5. The molecule has 6 heteroatoms. The van der Waals surface area contributed by atoms with Crippen molar-refractivity contribution in [3.05, 3.63) is 39.4 Å². The number of hydrogen-bond acceptors (Lipinski definition) is 3. The first kappa shape index (κ1) is 14.4. The Balaban J connectivity index is 3.01. The molecule has 0 saturated carbocycles. The molecule has 18 heavy (non-hydrogen) atoms. The van der Waals surface area contributed by atoms with Gasteiger partial charge in [0.15, 0.2) is 0 Å². The van der Waals surface area contributed by atoms with Gasteiger partial charge in [-0.2, -0.15) is 0 Å². The van der Waals surface area contributed by atoms with E-state index >= 15 is 0 Å². The van der Waals surface area contributed by atoms with Gasteiger partial charge in [0, 0.05) is 28.6 Å². The molecule has 0 fully saturated rings. The molecule has 0 atom stereocenters. The number of halogens is 1. The van der Waals surface area contributed by atoms with Gasteiger partial charge < -0.3 is 5.32 Å². The summed E-state index contributed by atoms with van der Waals surface area (Å²) in [5, 5.41) is 13.5. The molecule has 0 aliphatic carbocycles. The smallest absolute Gasteiger partial charge is 0.273 e. The lowest BCUT2D eigenvalue weighted by Gasteiger charge is -2.23. The van der Waals surface area contributed by atoms with Gasteiger partial charge in [-0.3, -0.25) is 14.9 Å². The number of carbonyl (C=O) groups is 1. The summed E-state index contributed by atoms with van der Waals surface area (Å²) in [5.74, 6) is -0.115. The van der Waals surface area contributed by atoms with Crippen LogP contribution in [0, 0.1) is 17.0 Å². The van der Waals surface area contributed by atoms with Gasteiger partial charge in [-0.05, 0) is 26.8 Å². The minimum atomic E-state index is -0.557. The van der Waals surface area contributed by atoms with E-state index in [0.29, 0.717) is 5.56 Å². The Bertz CT molecular complexity index is 486. The highest BCUT2D eigenvalue weighted by Crippen LogP contribution is 2.19. The van der Waals surface area contributed by atoms with Gasteiger partial charge in [0.05, 0.1) is 4.92 Å². The minimum Gasteiger partial charge on any atom is -0.346 e. The second kappa shape index (κ2) is 5.35. The van der Waals surface area contributed by atoms with E-state index in [0.717, 1.165) is 0 Å². The quantitative estimate of drug-likeness (QED) is 0.519. The number of hydrogen-bond donors (Lipinski definition) is 1. The summed E-state index contributed by atoms with van der Waals surface area (Å²) >= 11 is 5.71. The van der Waals surface area contributed by atoms with Crippen LogP contribution in [0.2, 0.25) is 0 Å². The first-order chi connectivity index (χ1) is 8.26. The van der Waals surface area contributed by atoms with Crippen LogP contribution in [-0.2, 0) is 0 Å². The van der Waals surface area contributed by atoms with Crippen molar-refractivity contribution < 1.29 is 9.72 Å². The van der Waals surface area contributed by atoms with Crippen molar-refractivity contribution in [1.82, 2.24) is 5.32 Å². The van der Waals surface area contributed by atoms with Crippen molar-refractivity contribution in [3.8, 4) is 0 Å². The highest BCUT2D eigenvalue weighted by molar-refractivity contribution is 6.18. The van der Waals surface area contributed by atoms with Gasteiger partial charge in [-0.25, -0.2) is 0 Å². The van der Waals surface area contributed by atoms with Crippen LogP contribution in [0.25, 0.3) is 0 Å². The normalized spacial score (nSPS) is 11.1. The molecular weight excluding hydrogens is 256 g/mol. The second-order valence-electron chi connectivity index (χ2n) is 4.73. The first-order valence-electron chi connectivity index (χ1n) is 5.40. The molecule has 0 saturated heterocycles. The third kappa shape index (κ3) is 3.43. The Morgan fingerprint density at radius 3 is 2.61 bits per heavy atom. The van der Waals surface area contributed by atoms with E-state index in [-0.39, 0.29) is 23.0 Å². The number of nitrogens with one attached hydrogen (secondary N) is 1. The number of benzene rings is 1. The first-order valence-corrected chi connectivity index (χ1v) is 5.94. The van der Waals surface area contributed by atoms with E-state index in [2.05, 4.69) is 5.32 Å². The van der Waals surface area contributed by atoms with Crippen LogP contribution in [0.3, 0.4) is 0 Å². The van der Waals surface area contributed by atoms with Crippen molar-refractivity contribution in [2.75, 3.05) is 5.88 Å². The molecule has 5 nitrogen and oxygen atoms in total. The molecule has 0 spiro atoms. The molecule has 0 aliphatic rings. The topological polar surface area (TPSA) is 72.2 Å². The Labute approximate surface area is 110 Å². The van der Waals surface area contributed by atoms with Crippen LogP contribution in [0.4, 0.5) is 5.69 Å². The van der Waals surface area contributed by atoms with E-state index < -0.39 is 10.5 Å². The van der Waals surface area contributed by atoms with Gasteiger partial charge in [0.1, 0.15) is 0 Å². The highest BCUT2D eigenvalue weighted by atomic mass is 35.5. The maximum absolute atomic E-state index is 11.9. The molecule has 0 heterocycles. The van der Waals surface area contributed by atoms with Crippen molar-refractivity contribution in [1.29, 1.82) is 0 Å². The van der Waals surface area contributed by atoms with E-state index in [4.69, 9.17) is 11.6 Å². The highest BCUT2D eigenvalue weighted by Gasteiger charge is 2.21. The van der Waals surface area contributed by atoms with Gasteiger partial charge in [-0.15, -0.1) is 11.6 Å². The molecule has 1 aromatic carbocycles. The molecule has 0 aliphatic heterocycles. The molecule has 0 aromatic heterocycles. The third-order valence-electron chi connectivity index (χ3n) is 2.45. The monoisotopic (exact) mass is 270 g/mol. The van der Waals surface area contributed by atoms with Gasteiger partial charge >= 0.3 is 0 Å². The van der Waals surface area contributed by atoms with E-state index in [9.17, 15) is 14.9 Å². The Kier molecular flexibility index (Phi) is 4.29. The van der Waals surface area contributed by atoms with E-state index in [1.165, 1.54) is 6.07 Å². The zero-order valence-corrected chi connectivity index (χ0v) is 11.2. The minimum absolute atomic E-state index is 0.0636. The molecular formula is C12H15ClN2O3. The number of carbonyl (C=O) groups excluding carboxylic acids is 1. The fraction of sp³-hybridized carbons (Fsp3) is 0.417. The fourth-order valence-electron chi connectivity index (χ4n) is 1.36. The maximum atomic E-state index is 11.9. The number of nitrogens with zero attached hydrogens (tertiary/aromatic N) is 1. The predicted molar refractivity (Wildman–Crippen MR) is 70.1 cm³/mol. The number of rotatable bonds is 4. The predicted octanol–water partition coefficient (Wildman–Crippen LogP) is 2.65. The van der Waals surface area contributed by atoms with Crippen molar-refractivity contribution in [2.45, 2.75) is 26.3 Å². The van der Waals surface area contributed by atoms with Crippen molar-refractivity contribution >= 4 is 23.2 Å². The number of nitro groups is 1. The Morgan fingerprint density at radius 1 is 1.50 bits per heavy atom. The summed E-state index contributed by atoms with van der Waals surface area (Å²) < 4.78 is 0. The molecule has 0 unspecified atom stereocenters. The lowest BCUT2D eigenvalue weighted by molar-refractivity contribution is -0.385. The molecule has 1 rings (SSSR count). The molecule has 1 aromatic rings. The Hall–Kier alpha value is -1.62. The van der Waals surface area contributed by atoms with E-state index in [1.807, 2.05) is 0 Å². The van der Waals surface area contributed by atoms with E-state index in [1.54, 1.807) is 32.9 Å². The van der Waals surface area contributed by atoms with Gasteiger partial charge in [0.25, 0.3) is 11.6 Å². The lowest BCUT2D eigenvalue weighted by Crippen LogP contribution is -2.44. The maximum Gasteiger partial charge on any atom is 0.273 e. The number of nitro benzene ring substituents is 1. The van der Waals surface area contributed by atoms with Crippen LogP contribution in [0.15, 0.2) is 18.2 Å². The third-order valence-corrected chi connectivity index (χ3v) is 3.12. The fourth-order valence-corrected chi connectivity index (χ4v) is 1.43. The van der Waals surface area contributed by atoms with Crippen LogP contribution >= 0.6 is 11.6 Å². The number of alkyl halides is 1. The summed E-state index contributed by atoms with van der Waals surface area (Å²) in [6.45, 7) is 5.18. The summed E-state index contributed by atoms with van der Waals surface area (Å²) in [5.41, 5.74) is 0.156. The van der Waals surface area contributed by atoms with Crippen molar-refractivity contribution in [3.63, 3.8) is 0 Å². The molecule has 0 radical (unpaired) electrons. The van der Waals surface area contributed by atoms with Crippen LogP contribution in [-0.4, -0.2) is 22.2 Å². The van der Waals surface area contributed by atoms with Crippen LogP contribution in [0.5, 0.6) is 0 Å². The van der Waals surface area contributed by atoms with Crippen molar-refractivity contribution in [2.24, 2.45) is 0 Å². The lowest BCUT2D eigenvalue weighted by atomic mass is 10.1. The van der Waals surface area contributed by atoms with Crippen LogP contribution < -0.4 is 5.32 Å². The number of aryl methyl sites for hydroxylation is 1. The average Bonchev–Trinajstić information content (AvgIpc) is 2.28. The molecule has 1 N–H and O–H groups in total. The SMILES string of the molecule is Cc1ccc(C(=O)NC(C)(C)CCl)cc1[N+](=O)[O-]. The largest absolute Gasteiger partial charge is 0.346 e. The molecule has 98 valence electrons.